The van der Waals surface area contributed by atoms with Gasteiger partial charge in [0.25, 0.3) is 5.91 Å². The lowest BCUT2D eigenvalue weighted by Gasteiger charge is -2.34. The third-order valence-electron chi connectivity index (χ3n) is 4.53. The zero-order valence-electron chi connectivity index (χ0n) is 16.9. The smallest absolute Gasteiger partial charge is 0.271 e. The molecule has 1 aromatic heterocycles. The quantitative estimate of drug-likeness (QED) is 0.866. The van der Waals surface area contributed by atoms with Crippen molar-refractivity contribution in [2.45, 2.75) is 26.3 Å². The van der Waals surface area contributed by atoms with E-state index in [0.29, 0.717) is 5.69 Å². The molecule has 0 spiro atoms. The van der Waals surface area contributed by atoms with E-state index in [9.17, 15) is 4.79 Å². The summed E-state index contributed by atoms with van der Waals surface area (Å²) in [6.07, 6.45) is 7.64. The summed E-state index contributed by atoms with van der Waals surface area (Å²) >= 11 is 0. The Morgan fingerprint density at radius 3 is 2.39 bits per heavy atom. The summed E-state index contributed by atoms with van der Waals surface area (Å²) in [5.41, 5.74) is 1.29. The number of hydrogen-bond donors (Lipinski definition) is 1. The molecule has 1 aliphatic rings. The Morgan fingerprint density at radius 2 is 1.79 bits per heavy atom. The molecule has 6 heteroatoms. The van der Waals surface area contributed by atoms with Crippen LogP contribution in [0.4, 0.5) is 5.82 Å². The van der Waals surface area contributed by atoms with Gasteiger partial charge < -0.3 is 10.2 Å². The summed E-state index contributed by atoms with van der Waals surface area (Å²) < 4.78 is 0. The van der Waals surface area contributed by atoms with Gasteiger partial charge in [-0.25, -0.2) is 9.97 Å². The molecule has 0 atom stereocenters. The number of rotatable bonds is 5. The van der Waals surface area contributed by atoms with Crippen LogP contribution in [-0.2, 0) is 0 Å². The molecule has 0 saturated carbocycles. The Morgan fingerprint density at radius 1 is 1.07 bits per heavy atom. The monoisotopic (exact) mass is 379 g/mol. The number of aromatic nitrogens is 2. The van der Waals surface area contributed by atoms with Crippen LogP contribution in [0.15, 0.2) is 48.8 Å². The second-order valence-corrected chi connectivity index (χ2v) is 8.06. The fraction of sp³-hybridized carbons (Fsp3) is 0.409. The number of hydrogen-bond acceptors (Lipinski definition) is 5. The van der Waals surface area contributed by atoms with Gasteiger partial charge in [-0.2, -0.15) is 0 Å². The molecule has 6 nitrogen and oxygen atoms in total. The first-order valence-electron chi connectivity index (χ1n) is 9.74. The number of nitrogens with one attached hydrogen (secondary N) is 1. The molecule has 0 bridgehead atoms. The lowest BCUT2D eigenvalue weighted by molar-refractivity contribution is 0.0914. The van der Waals surface area contributed by atoms with Crippen LogP contribution in [0.2, 0.25) is 0 Å². The molecule has 0 radical (unpaired) electrons. The molecular formula is C22H29N5O. The number of piperazine rings is 1. The highest BCUT2D eigenvalue weighted by molar-refractivity contribution is 5.92. The van der Waals surface area contributed by atoms with Crippen LogP contribution in [0.3, 0.4) is 0 Å². The van der Waals surface area contributed by atoms with E-state index in [4.69, 9.17) is 0 Å². The molecule has 0 unspecified atom stereocenters. The van der Waals surface area contributed by atoms with E-state index < -0.39 is 0 Å². The molecule has 1 fully saturated rings. The highest BCUT2D eigenvalue weighted by Gasteiger charge is 2.19. The summed E-state index contributed by atoms with van der Waals surface area (Å²) in [7, 11) is 0. The zero-order chi connectivity index (χ0) is 20.0. The van der Waals surface area contributed by atoms with Gasteiger partial charge >= 0.3 is 0 Å². The molecule has 1 aliphatic heterocycles. The Bertz CT molecular complexity index is 788. The van der Waals surface area contributed by atoms with Crippen LogP contribution in [0, 0.1) is 0 Å². The first kappa shape index (κ1) is 20.0. The Balaban J connectivity index is 1.48. The summed E-state index contributed by atoms with van der Waals surface area (Å²) in [4.78, 5) is 25.5. The van der Waals surface area contributed by atoms with E-state index in [1.54, 1.807) is 12.4 Å². The van der Waals surface area contributed by atoms with Crippen molar-refractivity contribution in [2.24, 2.45) is 0 Å². The molecule has 0 aliphatic carbocycles. The Hall–Kier alpha value is -2.73. The van der Waals surface area contributed by atoms with Crippen molar-refractivity contribution in [1.29, 1.82) is 0 Å². The lowest BCUT2D eigenvalue weighted by Crippen LogP contribution is -2.46. The van der Waals surface area contributed by atoms with Gasteiger partial charge in [0.2, 0.25) is 0 Å². The standard InChI is InChI=1S/C22H29N5O/c1-22(2,3)25-21(28)19-16-24-20(17-23-19)27-14-12-26(13-15-27)11-7-10-18-8-5-4-6-9-18/h4-10,16-17H,11-15H2,1-3H3,(H,25,28)/b10-7+. The second kappa shape index (κ2) is 8.97. The van der Waals surface area contributed by atoms with Crippen molar-refractivity contribution in [3.63, 3.8) is 0 Å². The fourth-order valence-corrected chi connectivity index (χ4v) is 3.07. The highest BCUT2D eigenvalue weighted by Crippen LogP contribution is 2.13. The van der Waals surface area contributed by atoms with Gasteiger partial charge in [-0.05, 0) is 26.3 Å². The molecule has 1 amide bonds. The third-order valence-corrected chi connectivity index (χ3v) is 4.53. The maximum absolute atomic E-state index is 12.2. The minimum absolute atomic E-state index is 0.193. The first-order valence-corrected chi connectivity index (χ1v) is 9.74. The fourth-order valence-electron chi connectivity index (χ4n) is 3.07. The van der Waals surface area contributed by atoms with Crippen molar-refractivity contribution in [1.82, 2.24) is 20.2 Å². The number of benzene rings is 1. The maximum atomic E-state index is 12.2. The molecule has 28 heavy (non-hydrogen) atoms. The zero-order valence-corrected chi connectivity index (χ0v) is 16.9. The largest absolute Gasteiger partial charge is 0.353 e. The number of nitrogens with zero attached hydrogens (tertiary/aromatic N) is 4. The molecule has 1 N–H and O–H groups in total. The molecular weight excluding hydrogens is 350 g/mol. The molecule has 2 aromatic rings. The third kappa shape index (κ3) is 5.89. The van der Waals surface area contributed by atoms with Crippen molar-refractivity contribution >= 4 is 17.8 Å². The molecule has 1 saturated heterocycles. The van der Waals surface area contributed by atoms with Gasteiger partial charge in [0.05, 0.1) is 12.4 Å². The van der Waals surface area contributed by atoms with Gasteiger partial charge in [0.15, 0.2) is 0 Å². The van der Waals surface area contributed by atoms with Gasteiger partial charge in [-0.3, -0.25) is 9.69 Å². The summed E-state index contributed by atoms with van der Waals surface area (Å²) in [5.74, 6) is 0.633. The van der Waals surface area contributed by atoms with Crippen LogP contribution >= 0.6 is 0 Å². The van der Waals surface area contributed by atoms with Crippen LogP contribution < -0.4 is 10.2 Å². The summed E-state index contributed by atoms with van der Waals surface area (Å²) in [6, 6.07) is 10.4. The van der Waals surface area contributed by atoms with Gasteiger partial charge in [0, 0.05) is 38.3 Å². The van der Waals surface area contributed by atoms with E-state index >= 15 is 0 Å². The van der Waals surface area contributed by atoms with E-state index in [0.717, 1.165) is 38.5 Å². The van der Waals surface area contributed by atoms with Gasteiger partial charge in [-0.15, -0.1) is 0 Å². The van der Waals surface area contributed by atoms with Crippen molar-refractivity contribution in [3.05, 3.63) is 60.1 Å². The minimum atomic E-state index is -0.289. The van der Waals surface area contributed by atoms with Crippen LogP contribution in [0.25, 0.3) is 6.08 Å². The average molecular weight is 380 g/mol. The van der Waals surface area contributed by atoms with E-state index in [1.807, 2.05) is 26.8 Å². The normalized spacial score (nSPS) is 15.8. The number of carbonyl (C=O) groups is 1. The number of amides is 1. The average Bonchev–Trinajstić information content (AvgIpc) is 2.68. The minimum Gasteiger partial charge on any atom is -0.353 e. The predicted molar refractivity (Wildman–Crippen MR) is 113 cm³/mol. The topological polar surface area (TPSA) is 61.4 Å². The van der Waals surface area contributed by atoms with Crippen LogP contribution in [-0.4, -0.2) is 59.0 Å². The molecule has 1 aromatic carbocycles. The van der Waals surface area contributed by atoms with E-state index in [1.165, 1.54) is 5.56 Å². The molecule has 2 heterocycles. The van der Waals surface area contributed by atoms with Gasteiger partial charge in [0.1, 0.15) is 11.5 Å². The van der Waals surface area contributed by atoms with Crippen molar-refractivity contribution in [3.8, 4) is 0 Å². The van der Waals surface area contributed by atoms with Crippen LogP contribution in [0.5, 0.6) is 0 Å². The van der Waals surface area contributed by atoms with Crippen LogP contribution in [0.1, 0.15) is 36.8 Å². The Labute approximate surface area is 167 Å². The van der Waals surface area contributed by atoms with Crippen molar-refractivity contribution < 1.29 is 4.79 Å². The Kier molecular flexibility index (Phi) is 6.41. The predicted octanol–water partition coefficient (Wildman–Crippen LogP) is 2.84. The summed E-state index contributed by atoms with van der Waals surface area (Å²) in [5, 5.41) is 2.90. The van der Waals surface area contributed by atoms with Crippen molar-refractivity contribution in [2.75, 3.05) is 37.6 Å². The highest BCUT2D eigenvalue weighted by atomic mass is 16.2. The van der Waals surface area contributed by atoms with Gasteiger partial charge in [-0.1, -0.05) is 42.5 Å². The van der Waals surface area contributed by atoms with E-state index in [2.05, 4.69) is 61.5 Å². The van der Waals surface area contributed by atoms with E-state index in [-0.39, 0.29) is 11.4 Å². The number of carbonyl (C=O) groups excluding carboxylic acids is 1. The number of anilines is 1. The molecule has 148 valence electrons. The lowest BCUT2D eigenvalue weighted by atomic mass is 10.1. The maximum Gasteiger partial charge on any atom is 0.271 e. The second-order valence-electron chi connectivity index (χ2n) is 8.06. The first-order chi connectivity index (χ1) is 13.4. The summed E-state index contributed by atoms with van der Waals surface area (Å²) in [6.45, 7) is 10.5. The SMILES string of the molecule is CC(C)(C)NC(=O)c1cnc(N2CCN(C/C=C/c3ccccc3)CC2)cn1. The molecule has 3 rings (SSSR count).